The molecule has 0 fully saturated rings. The number of hydrogen-bond donors (Lipinski definition) is 3. The van der Waals surface area contributed by atoms with E-state index in [4.69, 9.17) is 9.47 Å². The van der Waals surface area contributed by atoms with Crippen LogP contribution in [0.15, 0.2) is 90.1 Å². The Balaban J connectivity index is 1.15. The molecule has 3 aromatic carbocycles. The van der Waals surface area contributed by atoms with Crippen LogP contribution in [0.2, 0.25) is 0 Å². The molecule has 0 saturated carbocycles. The molecule has 42 heavy (non-hydrogen) atoms. The number of thiazole rings is 1. The van der Waals surface area contributed by atoms with Gasteiger partial charge in [0.2, 0.25) is 0 Å². The molecule has 0 radical (unpaired) electrons. The Hall–Kier alpha value is -4.03. The van der Waals surface area contributed by atoms with Crippen molar-refractivity contribution < 1.29 is 23.0 Å². The van der Waals surface area contributed by atoms with Crippen molar-refractivity contribution in [2.45, 2.75) is 29.9 Å². The molecule has 0 unspecified atom stereocenters. The monoisotopic (exact) mass is 602 g/mol. The molecule has 9 nitrogen and oxygen atoms in total. The van der Waals surface area contributed by atoms with Gasteiger partial charge in [-0.2, -0.15) is 0 Å². The summed E-state index contributed by atoms with van der Waals surface area (Å²) in [7, 11) is -2.52. The number of aliphatic hydroxyl groups is 1. The van der Waals surface area contributed by atoms with E-state index in [1.807, 2.05) is 54.6 Å². The molecule has 0 amide bonds. The second-order valence-electron chi connectivity index (χ2n) is 10.0. The highest BCUT2D eigenvalue weighted by Gasteiger charge is 2.24. The summed E-state index contributed by atoms with van der Waals surface area (Å²) >= 11 is 1.28. The van der Waals surface area contributed by atoms with Crippen LogP contribution in [0.1, 0.15) is 23.7 Å². The van der Waals surface area contributed by atoms with Crippen molar-refractivity contribution in [3.05, 3.63) is 96.3 Å². The van der Waals surface area contributed by atoms with Gasteiger partial charge in [-0.3, -0.25) is 9.71 Å². The van der Waals surface area contributed by atoms with Crippen LogP contribution in [0, 0.1) is 0 Å². The molecule has 1 aliphatic rings. The van der Waals surface area contributed by atoms with Crippen molar-refractivity contribution in [3.63, 3.8) is 0 Å². The summed E-state index contributed by atoms with van der Waals surface area (Å²) in [5, 5.41) is 14.0. The fraction of sp³-hybridized carbons (Fsp3) is 0.226. The van der Waals surface area contributed by atoms with Crippen molar-refractivity contribution in [2.24, 2.45) is 0 Å². The van der Waals surface area contributed by atoms with Crippen molar-refractivity contribution >= 4 is 36.7 Å². The number of para-hydroxylation sites is 1. The summed E-state index contributed by atoms with van der Waals surface area (Å²) in [6.45, 7) is 1.02. The highest BCUT2D eigenvalue weighted by molar-refractivity contribution is 7.93. The van der Waals surface area contributed by atoms with Crippen molar-refractivity contribution in [1.29, 1.82) is 0 Å². The number of aliphatic hydroxyl groups excluding tert-OH is 1. The summed E-state index contributed by atoms with van der Waals surface area (Å²) in [6, 6.07) is 22.2. The second kappa shape index (κ2) is 12.1. The van der Waals surface area contributed by atoms with E-state index >= 15 is 0 Å². The highest BCUT2D eigenvalue weighted by Crippen LogP contribution is 2.36. The largest absolute Gasteiger partial charge is 0.495 e. The number of fused-ring (bicyclic) bond motifs is 2. The zero-order valence-corrected chi connectivity index (χ0v) is 24.5. The van der Waals surface area contributed by atoms with Crippen LogP contribution < -0.4 is 19.5 Å². The first kappa shape index (κ1) is 28.1. The van der Waals surface area contributed by atoms with E-state index in [-0.39, 0.29) is 16.7 Å². The highest BCUT2D eigenvalue weighted by atomic mass is 32.2. The van der Waals surface area contributed by atoms with Gasteiger partial charge in [0.1, 0.15) is 22.5 Å². The van der Waals surface area contributed by atoms with Crippen LogP contribution in [-0.4, -0.2) is 49.8 Å². The zero-order chi connectivity index (χ0) is 29.1. The first-order valence-corrected chi connectivity index (χ1v) is 15.8. The third-order valence-electron chi connectivity index (χ3n) is 7.17. The molecule has 1 aliphatic heterocycles. The molecular weight excluding hydrogens is 572 g/mol. The summed E-state index contributed by atoms with van der Waals surface area (Å²) in [4.78, 5) is 8.50. The molecule has 11 heteroatoms. The number of pyridine rings is 1. The number of nitrogens with one attached hydrogen (secondary N) is 2. The summed E-state index contributed by atoms with van der Waals surface area (Å²) < 4.78 is 42.1. The molecule has 2 atom stereocenters. The van der Waals surface area contributed by atoms with E-state index in [1.165, 1.54) is 18.4 Å². The van der Waals surface area contributed by atoms with Crippen LogP contribution in [0.5, 0.6) is 11.5 Å². The maximum Gasteiger partial charge on any atom is 0.267 e. The average molecular weight is 603 g/mol. The minimum absolute atomic E-state index is 0.0178. The predicted molar refractivity (Wildman–Crippen MR) is 164 cm³/mol. The Morgan fingerprint density at radius 2 is 1.93 bits per heavy atom. The SMILES string of the molecule is COc1ccc(-c2ccc3c(c2)CC[C@H](CNC[C@H](O)c2cccnc2)O3)cc1S(=O)(=O)Nc1nc2ccccc2s1. The number of aryl methyl sites for hydroxylation is 1. The molecule has 0 spiro atoms. The lowest BCUT2D eigenvalue weighted by Crippen LogP contribution is -2.36. The van der Waals surface area contributed by atoms with Gasteiger partial charge >= 0.3 is 0 Å². The average Bonchev–Trinajstić information content (AvgIpc) is 3.42. The smallest absolute Gasteiger partial charge is 0.267 e. The number of sulfonamides is 1. The lowest BCUT2D eigenvalue weighted by Gasteiger charge is -2.27. The Morgan fingerprint density at radius 3 is 2.74 bits per heavy atom. The maximum atomic E-state index is 13.5. The molecule has 0 saturated heterocycles. The van der Waals surface area contributed by atoms with Gasteiger partial charge in [0.15, 0.2) is 5.13 Å². The van der Waals surface area contributed by atoms with E-state index < -0.39 is 16.1 Å². The Kier molecular flexibility index (Phi) is 8.07. The molecule has 3 N–H and O–H groups in total. The number of hydrogen-bond acceptors (Lipinski definition) is 9. The van der Waals surface area contributed by atoms with Gasteiger partial charge in [0, 0.05) is 31.0 Å². The molecule has 3 heterocycles. The fourth-order valence-corrected chi connectivity index (χ4v) is 7.29. The second-order valence-corrected chi connectivity index (χ2v) is 12.7. The van der Waals surface area contributed by atoms with Gasteiger partial charge in [0.05, 0.1) is 23.4 Å². The lowest BCUT2D eigenvalue weighted by atomic mass is 9.97. The Labute approximate surface area is 248 Å². The van der Waals surface area contributed by atoms with E-state index in [9.17, 15) is 13.5 Å². The van der Waals surface area contributed by atoms with E-state index in [0.29, 0.717) is 18.2 Å². The molecule has 0 bridgehead atoms. The van der Waals surface area contributed by atoms with Crippen LogP contribution in [-0.2, 0) is 16.4 Å². The van der Waals surface area contributed by atoms with Gasteiger partial charge in [-0.15, -0.1) is 0 Å². The zero-order valence-electron chi connectivity index (χ0n) is 22.9. The summed E-state index contributed by atoms with van der Waals surface area (Å²) in [5.74, 6) is 1.06. The van der Waals surface area contributed by atoms with E-state index in [0.717, 1.165) is 51.1 Å². The van der Waals surface area contributed by atoms with Gasteiger partial charge in [-0.25, -0.2) is 13.4 Å². The molecule has 2 aromatic heterocycles. The van der Waals surface area contributed by atoms with E-state index in [2.05, 4.69) is 20.0 Å². The molecule has 216 valence electrons. The number of nitrogens with zero attached hydrogens (tertiary/aromatic N) is 2. The molecule has 6 rings (SSSR count). The number of methoxy groups -OCH3 is 1. The minimum Gasteiger partial charge on any atom is -0.495 e. The first-order chi connectivity index (χ1) is 20.4. The van der Waals surface area contributed by atoms with Crippen LogP contribution >= 0.6 is 11.3 Å². The quantitative estimate of drug-likeness (QED) is 0.200. The number of anilines is 1. The summed E-state index contributed by atoms with van der Waals surface area (Å²) in [5.41, 5.74) is 4.20. The van der Waals surface area contributed by atoms with Gasteiger partial charge < -0.3 is 19.9 Å². The third-order valence-corrected chi connectivity index (χ3v) is 9.61. The van der Waals surface area contributed by atoms with Crippen molar-refractivity contribution in [3.8, 4) is 22.6 Å². The molecule has 0 aliphatic carbocycles. The minimum atomic E-state index is -3.97. The van der Waals surface area contributed by atoms with Gasteiger partial charge in [-0.05, 0) is 72.0 Å². The first-order valence-electron chi connectivity index (χ1n) is 13.5. The van der Waals surface area contributed by atoms with Gasteiger partial charge in [0.25, 0.3) is 10.0 Å². The lowest BCUT2D eigenvalue weighted by molar-refractivity contribution is 0.146. The predicted octanol–water partition coefficient (Wildman–Crippen LogP) is 5.18. The molecular formula is C31H30N4O5S2. The van der Waals surface area contributed by atoms with Crippen LogP contribution in [0.3, 0.4) is 0 Å². The number of benzene rings is 3. The Bertz CT molecular complexity index is 1780. The fourth-order valence-electron chi connectivity index (χ4n) is 4.99. The number of aromatic nitrogens is 2. The van der Waals surface area contributed by atoms with Crippen LogP contribution in [0.4, 0.5) is 5.13 Å². The molecule has 5 aromatic rings. The third kappa shape index (κ3) is 6.09. The van der Waals surface area contributed by atoms with Gasteiger partial charge in [-0.1, -0.05) is 41.7 Å². The van der Waals surface area contributed by atoms with Crippen LogP contribution in [0.25, 0.3) is 21.3 Å². The van der Waals surface area contributed by atoms with Crippen molar-refractivity contribution in [1.82, 2.24) is 15.3 Å². The Morgan fingerprint density at radius 1 is 1.10 bits per heavy atom. The summed E-state index contributed by atoms with van der Waals surface area (Å²) in [6.07, 6.45) is 4.34. The topological polar surface area (TPSA) is 123 Å². The van der Waals surface area contributed by atoms with Crippen molar-refractivity contribution in [2.75, 3.05) is 24.9 Å². The number of ether oxygens (including phenoxy) is 2. The standard InChI is InChI=1S/C31H30N4O5S2/c1-39-28-13-10-21(16-30(28)42(37,38)35-31-34-25-6-2-3-7-29(25)41-31)20-9-12-27-22(15-20)8-11-24(40-27)18-33-19-26(36)23-5-4-14-32-17-23/h2-7,9-10,12-17,24,26,33,36H,8,11,18-19H2,1H3,(H,34,35)/t24-,26+/m1/s1. The number of rotatable bonds is 10. The van der Waals surface area contributed by atoms with E-state index in [1.54, 1.807) is 30.6 Å². The maximum absolute atomic E-state index is 13.5. The normalized spacial score (nSPS) is 15.5.